The highest BCUT2D eigenvalue weighted by molar-refractivity contribution is 7.89. The van der Waals surface area contributed by atoms with Crippen LogP contribution in [0, 0.1) is 5.82 Å². The predicted octanol–water partition coefficient (Wildman–Crippen LogP) is 2.94. The van der Waals surface area contributed by atoms with Gasteiger partial charge in [-0.1, -0.05) is 36.4 Å². The van der Waals surface area contributed by atoms with Gasteiger partial charge in [0.2, 0.25) is 10.0 Å². The standard InChI is InChI=1S/C21H19FN2O4S/c22-17-7-3-5-15(11-17)14-24-29(27,28)18-8-4-6-16(12-18)13-23-21(26)19-9-1-2-10-20(19)25/h1-12,24-25H,13-14H2,(H,23,26). The number of carbonyl (C=O) groups is 1. The van der Waals surface area contributed by atoms with Crippen LogP contribution in [0.15, 0.2) is 77.7 Å². The van der Waals surface area contributed by atoms with Crippen molar-refractivity contribution in [2.75, 3.05) is 0 Å². The Balaban J connectivity index is 1.66. The molecule has 3 rings (SSSR count). The summed E-state index contributed by atoms with van der Waals surface area (Å²) >= 11 is 0. The van der Waals surface area contributed by atoms with Crippen LogP contribution >= 0.6 is 0 Å². The highest BCUT2D eigenvalue weighted by Crippen LogP contribution is 2.16. The van der Waals surface area contributed by atoms with E-state index >= 15 is 0 Å². The van der Waals surface area contributed by atoms with Crippen molar-refractivity contribution in [1.29, 1.82) is 0 Å². The van der Waals surface area contributed by atoms with Crippen LogP contribution in [-0.4, -0.2) is 19.4 Å². The Kier molecular flexibility index (Phi) is 6.26. The maximum atomic E-state index is 13.2. The van der Waals surface area contributed by atoms with Crippen LogP contribution in [0.4, 0.5) is 4.39 Å². The number of nitrogens with one attached hydrogen (secondary N) is 2. The van der Waals surface area contributed by atoms with E-state index in [-0.39, 0.29) is 29.3 Å². The molecule has 0 spiro atoms. The summed E-state index contributed by atoms with van der Waals surface area (Å²) in [7, 11) is -3.82. The number of benzene rings is 3. The SMILES string of the molecule is O=C(NCc1cccc(S(=O)(=O)NCc2cccc(F)c2)c1)c1ccccc1O. The van der Waals surface area contributed by atoms with Crippen LogP contribution in [0.1, 0.15) is 21.5 Å². The number of aromatic hydroxyl groups is 1. The first-order valence-corrected chi connectivity index (χ1v) is 10.2. The maximum Gasteiger partial charge on any atom is 0.255 e. The topological polar surface area (TPSA) is 95.5 Å². The molecule has 0 radical (unpaired) electrons. The Morgan fingerprint density at radius 2 is 1.59 bits per heavy atom. The Morgan fingerprint density at radius 1 is 0.897 bits per heavy atom. The lowest BCUT2D eigenvalue weighted by atomic mass is 10.1. The number of para-hydroxylation sites is 1. The summed E-state index contributed by atoms with van der Waals surface area (Å²) in [6.07, 6.45) is 0. The summed E-state index contributed by atoms with van der Waals surface area (Å²) in [6.45, 7) is 0.0365. The molecule has 0 saturated heterocycles. The van der Waals surface area contributed by atoms with E-state index in [4.69, 9.17) is 0 Å². The summed E-state index contributed by atoms with van der Waals surface area (Å²) in [5.41, 5.74) is 1.20. The van der Waals surface area contributed by atoms with Gasteiger partial charge in [-0.2, -0.15) is 0 Å². The second kappa shape index (κ2) is 8.85. The van der Waals surface area contributed by atoms with Gasteiger partial charge in [0.1, 0.15) is 11.6 Å². The quantitative estimate of drug-likeness (QED) is 0.554. The fourth-order valence-electron chi connectivity index (χ4n) is 2.67. The van der Waals surface area contributed by atoms with Crippen LogP contribution in [-0.2, 0) is 23.1 Å². The van der Waals surface area contributed by atoms with E-state index in [0.717, 1.165) is 0 Å². The van der Waals surface area contributed by atoms with E-state index in [1.54, 1.807) is 30.3 Å². The van der Waals surface area contributed by atoms with Crippen molar-refractivity contribution in [3.05, 3.63) is 95.3 Å². The average molecular weight is 414 g/mol. The van der Waals surface area contributed by atoms with Crippen LogP contribution in [0.2, 0.25) is 0 Å². The number of rotatable bonds is 7. The van der Waals surface area contributed by atoms with Crippen LogP contribution in [0.5, 0.6) is 5.75 Å². The van der Waals surface area contributed by atoms with E-state index in [1.807, 2.05) is 0 Å². The monoisotopic (exact) mass is 414 g/mol. The Hall–Kier alpha value is -3.23. The Morgan fingerprint density at radius 3 is 2.31 bits per heavy atom. The molecule has 0 heterocycles. The number of hydrogen-bond donors (Lipinski definition) is 3. The number of carbonyl (C=O) groups excluding carboxylic acids is 1. The van der Waals surface area contributed by atoms with Gasteiger partial charge in [-0.15, -0.1) is 0 Å². The summed E-state index contributed by atoms with van der Waals surface area (Å²) in [4.78, 5) is 12.2. The molecule has 0 unspecified atom stereocenters. The molecule has 0 saturated carbocycles. The minimum absolute atomic E-state index is 0.0308. The molecule has 0 aliphatic rings. The lowest BCUT2D eigenvalue weighted by molar-refractivity contribution is 0.0948. The highest BCUT2D eigenvalue weighted by Gasteiger charge is 2.15. The number of phenolic OH excluding ortho intramolecular Hbond substituents is 1. The summed E-state index contributed by atoms with van der Waals surface area (Å²) in [6, 6.07) is 17.9. The van der Waals surface area contributed by atoms with Crippen molar-refractivity contribution in [3.63, 3.8) is 0 Å². The average Bonchev–Trinajstić information content (AvgIpc) is 2.71. The van der Waals surface area contributed by atoms with Gasteiger partial charge in [0.05, 0.1) is 10.5 Å². The van der Waals surface area contributed by atoms with Gasteiger partial charge in [0.25, 0.3) is 5.91 Å². The van der Waals surface area contributed by atoms with Crippen molar-refractivity contribution in [2.24, 2.45) is 0 Å². The van der Waals surface area contributed by atoms with Crippen molar-refractivity contribution < 1.29 is 22.7 Å². The zero-order chi connectivity index (χ0) is 20.9. The minimum atomic E-state index is -3.82. The molecular formula is C21H19FN2O4S. The van der Waals surface area contributed by atoms with E-state index in [9.17, 15) is 22.7 Å². The van der Waals surface area contributed by atoms with Crippen molar-refractivity contribution in [2.45, 2.75) is 18.0 Å². The molecular weight excluding hydrogens is 395 g/mol. The van der Waals surface area contributed by atoms with Gasteiger partial charge < -0.3 is 10.4 Å². The van der Waals surface area contributed by atoms with Gasteiger partial charge in [-0.3, -0.25) is 4.79 Å². The molecule has 8 heteroatoms. The summed E-state index contributed by atoms with van der Waals surface area (Å²) < 4.78 is 40.7. The Bertz CT molecular complexity index is 1130. The van der Waals surface area contributed by atoms with Crippen LogP contribution in [0.25, 0.3) is 0 Å². The van der Waals surface area contributed by atoms with Gasteiger partial charge in [0, 0.05) is 13.1 Å². The molecule has 1 amide bonds. The van der Waals surface area contributed by atoms with Gasteiger partial charge in [0.15, 0.2) is 0 Å². The highest BCUT2D eigenvalue weighted by atomic mass is 32.2. The first-order valence-electron chi connectivity index (χ1n) is 8.74. The zero-order valence-corrected chi connectivity index (χ0v) is 16.1. The smallest absolute Gasteiger partial charge is 0.255 e. The first-order chi connectivity index (χ1) is 13.8. The van der Waals surface area contributed by atoms with E-state index in [2.05, 4.69) is 10.0 Å². The third kappa shape index (κ3) is 5.40. The third-order valence-corrected chi connectivity index (χ3v) is 5.56. The summed E-state index contributed by atoms with van der Waals surface area (Å²) in [5.74, 6) is -1.05. The number of halogens is 1. The molecule has 6 nitrogen and oxygen atoms in total. The van der Waals surface area contributed by atoms with E-state index in [0.29, 0.717) is 11.1 Å². The van der Waals surface area contributed by atoms with Crippen molar-refractivity contribution in [3.8, 4) is 5.75 Å². The van der Waals surface area contributed by atoms with Crippen molar-refractivity contribution in [1.82, 2.24) is 10.0 Å². The van der Waals surface area contributed by atoms with Gasteiger partial charge in [-0.25, -0.2) is 17.5 Å². The number of sulfonamides is 1. The van der Waals surface area contributed by atoms with E-state index < -0.39 is 21.7 Å². The molecule has 150 valence electrons. The number of hydrogen-bond acceptors (Lipinski definition) is 4. The predicted molar refractivity (Wildman–Crippen MR) is 106 cm³/mol. The molecule has 0 fully saturated rings. The normalized spacial score (nSPS) is 11.2. The minimum Gasteiger partial charge on any atom is -0.507 e. The van der Waals surface area contributed by atoms with Crippen molar-refractivity contribution >= 4 is 15.9 Å². The fourth-order valence-corrected chi connectivity index (χ4v) is 3.76. The Labute approximate surface area is 168 Å². The van der Waals surface area contributed by atoms with E-state index in [1.165, 1.54) is 42.5 Å². The third-order valence-electron chi connectivity index (χ3n) is 4.17. The second-order valence-corrected chi connectivity index (χ2v) is 8.07. The van der Waals surface area contributed by atoms with Crippen LogP contribution < -0.4 is 10.0 Å². The molecule has 0 aliphatic heterocycles. The van der Waals surface area contributed by atoms with Gasteiger partial charge >= 0.3 is 0 Å². The maximum absolute atomic E-state index is 13.2. The molecule has 0 bridgehead atoms. The molecule has 0 aliphatic carbocycles. The summed E-state index contributed by atoms with van der Waals surface area (Å²) in [5, 5.41) is 12.4. The number of amides is 1. The molecule has 29 heavy (non-hydrogen) atoms. The first kappa shape index (κ1) is 20.5. The molecule has 3 aromatic rings. The second-order valence-electron chi connectivity index (χ2n) is 6.30. The molecule has 3 N–H and O–H groups in total. The number of phenols is 1. The zero-order valence-electron chi connectivity index (χ0n) is 15.3. The lowest BCUT2D eigenvalue weighted by Gasteiger charge is -2.10. The van der Waals surface area contributed by atoms with Gasteiger partial charge in [-0.05, 0) is 47.5 Å². The fraction of sp³-hybridized carbons (Fsp3) is 0.0952. The lowest BCUT2D eigenvalue weighted by Crippen LogP contribution is -2.24. The molecule has 0 aromatic heterocycles. The molecule has 0 atom stereocenters. The molecule has 3 aromatic carbocycles. The largest absolute Gasteiger partial charge is 0.507 e. The van der Waals surface area contributed by atoms with Crippen LogP contribution in [0.3, 0.4) is 0 Å².